The summed E-state index contributed by atoms with van der Waals surface area (Å²) in [5, 5.41) is 2.07. The van der Waals surface area contributed by atoms with Crippen LogP contribution >= 0.6 is 0 Å². The molecule has 0 aliphatic heterocycles. The molecular weight excluding hydrogens is 604 g/mol. The smallest absolute Gasteiger partial charge is 0.328 e. The molecule has 49 heavy (non-hydrogen) atoms. The fourth-order valence-electron chi connectivity index (χ4n) is 6.85. The summed E-state index contributed by atoms with van der Waals surface area (Å²) in [4.78, 5) is 23.0. The van der Waals surface area contributed by atoms with E-state index >= 15 is 0 Å². The Morgan fingerprint density at radius 2 is 1.14 bits per heavy atom. The van der Waals surface area contributed by atoms with Crippen LogP contribution in [0.15, 0.2) is 155 Å². The predicted molar refractivity (Wildman–Crippen MR) is 198 cm³/mol. The fraction of sp³-hybridized carbons (Fsp3) is 0.0465. The number of rotatable bonds is 5. The molecule has 0 fully saturated rings. The van der Waals surface area contributed by atoms with Crippen molar-refractivity contribution in [1.29, 1.82) is 0 Å². The first-order valence-corrected chi connectivity index (χ1v) is 16.2. The summed E-state index contributed by atoms with van der Waals surface area (Å²) < 4.78 is 9.82. The molecule has 0 spiro atoms. The number of furan rings is 1. The largest absolute Gasteiger partial charge is 0.456 e. The Morgan fingerprint density at radius 3 is 1.96 bits per heavy atom. The second kappa shape index (κ2) is 11.3. The Morgan fingerprint density at radius 1 is 0.490 bits per heavy atom. The van der Waals surface area contributed by atoms with E-state index in [2.05, 4.69) is 84.9 Å². The van der Waals surface area contributed by atoms with Gasteiger partial charge in [0.2, 0.25) is 0 Å². The van der Waals surface area contributed by atoms with Crippen LogP contribution in [0.1, 0.15) is 0 Å². The molecule has 0 bridgehead atoms. The molecule has 0 radical (unpaired) electrons. The summed E-state index contributed by atoms with van der Waals surface area (Å²) in [7, 11) is 3.61. The maximum atomic E-state index is 12.6. The number of hydrogen-bond donors (Lipinski definition) is 0. The van der Waals surface area contributed by atoms with Crippen molar-refractivity contribution in [1.82, 2.24) is 19.1 Å². The first kappa shape index (κ1) is 28.7. The van der Waals surface area contributed by atoms with Gasteiger partial charge in [0.05, 0.1) is 22.4 Å². The monoisotopic (exact) mass is 634 g/mol. The van der Waals surface area contributed by atoms with Crippen molar-refractivity contribution in [2.75, 3.05) is 0 Å². The highest BCUT2D eigenvalue weighted by Crippen LogP contribution is 2.41. The highest BCUT2D eigenvalue weighted by Gasteiger charge is 2.19. The number of para-hydroxylation sites is 1. The highest BCUT2D eigenvalue weighted by molar-refractivity contribution is 6.13. The van der Waals surface area contributed by atoms with E-state index in [0.29, 0.717) is 5.82 Å². The number of imidazole rings is 1. The average Bonchev–Trinajstić information content (AvgIpc) is 3.65. The zero-order chi connectivity index (χ0) is 33.1. The third-order valence-corrected chi connectivity index (χ3v) is 9.38. The van der Waals surface area contributed by atoms with Gasteiger partial charge < -0.3 is 4.42 Å². The van der Waals surface area contributed by atoms with Gasteiger partial charge in [-0.3, -0.25) is 9.13 Å². The van der Waals surface area contributed by atoms with E-state index in [4.69, 9.17) is 14.4 Å². The van der Waals surface area contributed by atoms with Crippen LogP contribution in [-0.2, 0) is 14.1 Å². The van der Waals surface area contributed by atoms with E-state index in [1.807, 2.05) is 67.7 Å². The molecule has 9 rings (SSSR count). The highest BCUT2D eigenvalue weighted by atomic mass is 16.3. The van der Waals surface area contributed by atoms with Crippen LogP contribution in [0.2, 0.25) is 0 Å². The van der Waals surface area contributed by atoms with E-state index < -0.39 is 0 Å². The molecule has 0 amide bonds. The van der Waals surface area contributed by atoms with Gasteiger partial charge in [0, 0.05) is 41.6 Å². The molecule has 0 saturated carbocycles. The maximum Gasteiger partial charge on any atom is 0.328 e. The van der Waals surface area contributed by atoms with E-state index in [9.17, 15) is 4.79 Å². The molecule has 0 aliphatic carbocycles. The zero-order valence-corrected chi connectivity index (χ0v) is 27.0. The Kier molecular flexibility index (Phi) is 6.62. The molecule has 3 heterocycles. The Balaban J connectivity index is 1.27. The van der Waals surface area contributed by atoms with Gasteiger partial charge in [-0.05, 0) is 64.7 Å². The minimum absolute atomic E-state index is 0.0429. The van der Waals surface area contributed by atoms with Crippen molar-refractivity contribution in [3.05, 3.63) is 156 Å². The van der Waals surface area contributed by atoms with Gasteiger partial charge in [-0.2, -0.15) is 0 Å². The lowest BCUT2D eigenvalue weighted by Gasteiger charge is -2.13. The van der Waals surface area contributed by atoms with Crippen molar-refractivity contribution in [3.63, 3.8) is 0 Å². The van der Waals surface area contributed by atoms with E-state index in [1.165, 1.54) is 0 Å². The van der Waals surface area contributed by atoms with Crippen LogP contribution in [0.4, 0.5) is 0 Å². The van der Waals surface area contributed by atoms with Crippen LogP contribution in [0, 0.1) is 0 Å². The topological polar surface area (TPSA) is 65.8 Å². The normalized spacial score (nSPS) is 11.6. The molecule has 6 nitrogen and oxygen atoms in total. The standard InChI is InChI=1S/C43H30N4O2/c1-46-37-21-20-30(24-38(37)47(2)43(46)48)29-16-11-17-31(22-29)35-26-36(45-42(44-35)28-14-7-4-8-15-28)34-23-32(27-12-5-3-6-13-27)25-40-41(34)33-18-9-10-19-39(33)49-40/h3-26H,1-2H3. The van der Waals surface area contributed by atoms with Crippen molar-refractivity contribution in [2.24, 2.45) is 14.1 Å². The van der Waals surface area contributed by atoms with Gasteiger partial charge in [0.15, 0.2) is 5.82 Å². The molecule has 6 aromatic carbocycles. The molecule has 0 atom stereocenters. The summed E-state index contributed by atoms with van der Waals surface area (Å²) in [6.07, 6.45) is 0. The van der Waals surface area contributed by atoms with Crippen LogP contribution in [0.5, 0.6) is 0 Å². The third kappa shape index (κ3) is 4.85. The average molecular weight is 635 g/mol. The van der Waals surface area contributed by atoms with Crippen LogP contribution in [0.25, 0.3) is 89.1 Å². The van der Waals surface area contributed by atoms with Crippen molar-refractivity contribution in [2.45, 2.75) is 0 Å². The number of fused-ring (bicyclic) bond motifs is 4. The lowest BCUT2D eigenvalue weighted by Crippen LogP contribution is -2.19. The first-order valence-electron chi connectivity index (χ1n) is 16.2. The van der Waals surface area contributed by atoms with Crippen molar-refractivity contribution < 1.29 is 4.42 Å². The summed E-state index contributed by atoms with van der Waals surface area (Å²) >= 11 is 0. The lowest BCUT2D eigenvalue weighted by atomic mass is 9.95. The maximum absolute atomic E-state index is 12.6. The summed E-state index contributed by atoms with van der Waals surface area (Å²) in [5.74, 6) is 0.644. The second-order valence-corrected chi connectivity index (χ2v) is 12.4. The van der Waals surface area contributed by atoms with E-state index in [0.717, 1.165) is 83.3 Å². The number of benzene rings is 6. The number of nitrogens with zero attached hydrogens (tertiary/aromatic N) is 4. The molecule has 234 valence electrons. The number of aromatic nitrogens is 4. The van der Waals surface area contributed by atoms with Crippen LogP contribution in [-0.4, -0.2) is 19.1 Å². The third-order valence-electron chi connectivity index (χ3n) is 9.38. The van der Waals surface area contributed by atoms with Crippen molar-refractivity contribution >= 4 is 33.0 Å². The molecule has 0 unspecified atom stereocenters. The lowest BCUT2D eigenvalue weighted by molar-refractivity contribution is 0.669. The van der Waals surface area contributed by atoms with Gasteiger partial charge in [0.1, 0.15) is 11.2 Å². The van der Waals surface area contributed by atoms with Gasteiger partial charge in [-0.25, -0.2) is 14.8 Å². The molecule has 3 aromatic heterocycles. The SMILES string of the molecule is Cn1c(=O)n(C)c2cc(-c3cccc(-c4cc(-c5cc(-c6ccccc6)cc6oc7ccccc7c56)nc(-c5ccccc5)n4)c3)ccc21. The van der Waals surface area contributed by atoms with E-state index in [1.54, 1.807) is 16.2 Å². The van der Waals surface area contributed by atoms with Crippen molar-refractivity contribution in [3.8, 4) is 56.2 Å². The number of aryl methyl sites for hydroxylation is 2. The molecule has 0 saturated heterocycles. The predicted octanol–water partition coefficient (Wildman–Crippen LogP) is 9.90. The summed E-state index contributed by atoms with van der Waals surface area (Å²) in [6, 6.07) is 49.6. The fourth-order valence-corrected chi connectivity index (χ4v) is 6.85. The Hall–Kier alpha value is -6.53. The molecule has 9 aromatic rings. The van der Waals surface area contributed by atoms with Crippen LogP contribution in [0.3, 0.4) is 0 Å². The summed E-state index contributed by atoms with van der Waals surface area (Å²) in [6.45, 7) is 0. The minimum Gasteiger partial charge on any atom is -0.456 e. The number of hydrogen-bond acceptors (Lipinski definition) is 4. The quantitative estimate of drug-likeness (QED) is 0.189. The first-order chi connectivity index (χ1) is 24.0. The van der Waals surface area contributed by atoms with Crippen LogP contribution < -0.4 is 5.69 Å². The molecule has 6 heteroatoms. The zero-order valence-electron chi connectivity index (χ0n) is 27.0. The van der Waals surface area contributed by atoms with Gasteiger partial charge in [-0.1, -0.05) is 103 Å². The Labute approximate surface area is 282 Å². The minimum atomic E-state index is -0.0429. The Bertz CT molecular complexity index is 2760. The van der Waals surface area contributed by atoms with E-state index in [-0.39, 0.29) is 5.69 Å². The van der Waals surface area contributed by atoms with Gasteiger partial charge in [-0.15, -0.1) is 0 Å². The molecular formula is C43H30N4O2. The van der Waals surface area contributed by atoms with Gasteiger partial charge in [0.25, 0.3) is 0 Å². The molecule has 0 N–H and O–H groups in total. The second-order valence-electron chi connectivity index (χ2n) is 12.4. The molecule has 0 aliphatic rings. The summed E-state index contributed by atoms with van der Waals surface area (Å²) in [5.41, 5.74) is 12.1. The van der Waals surface area contributed by atoms with Gasteiger partial charge >= 0.3 is 5.69 Å².